The molecule has 0 bridgehead atoms. The highest BCUT2D eigenvalue weighted by Gasteiger charge is 2.32. The standard InChI is InChI=1S/C18H25N3O4S/c1-6-24-18(23)14-11(4)13-16(22)19-15(20-17(13)26-14)12(5)21-7-9(2)25-10(3)8-21/h9-10,12H,6-8H2,1-5H3,(H,19,20,22)/p+1/t9-,10-,12-/m1/s1. The lowest BCUT2D eigenvalue weighted by Crippen LogP contribution is -3.15. The van der Waals surface area contributed by atoms with Crippen molar-refractivity contribution in [1.82, 2.24) is 9.97 Å². The number of fused-ring (bicyclic) bond motifs is 1. The predicted octanol–water partition coefficient (Wildman–Crippen LogP) is 1.22. The number of hydrogen-bond donors (Lipinski definition) is 2. The fourth-order valence-electron chi connectivity index (χ4n) is 3.62. The summed E-state index contributed by atoms with van der Waals surface area (Å²) in [6, 6.07) is 0.0364. The molecular weight excluding hydrogens is 354 g/mol. The number of esters is 1. The Morgan fingerprint density at radius 2 is 2.08 bits per heavy atom. The lowest BCUT2D eigenvalue weighted by Gasteiger charge is -2.35. The minimum Gasteiger partial charge on any atom is -0.462 e. The Morgan fingerprint density at radius 3 is 2.69 bits per heavy atom. The van der Waals surface area contributed by atoms with Crippen molar-refractivity contribution in [3.05, 3.63) is 26.6 Å². The molecule has 1 aliphatic heterocycles. The number of carbonyl (C=O) groups excluding carboxylic acids is 1. The molecule has 142 valence electrons. The van der Waals surface area contributed by atoms with Gasteiger partial charge in [-0.3, -0.25) is 4.79 Å². The lowest BCUT2D eigenvalue weighted by atomic mass is 10.1. The normalized spacial score (nSPS) is 24.6. The third kappa shape index (κ3) is 3.54. The van der Waals surface area contributed by atoms with Gasteiger partial charge in [0.15, 0.2) is 5.82 Å². The van der Waals surface area contributed by atoms with Gasteiger partial charge in [-0.15, -0.1) is 11.3 Å². The highest BCUT2D eigenvalue weighted by atomic mass is 32.1. The van der Waals surface area contributed by atoms with Crippen molar-refractivity contribution in [2.75, 3.05) is 19.7 Å². The Labute approximate surface area is 156 Å². The topological polar surface area (TPSA) is 85.7 Å². The number of aryl methyl sites for hydroxylation is 1. The van der Waals surface area contributed by atoms with E-state index in [-0.39, 0.29) is 23.8 Å². The summed E-state index contributed by atoms with van der Waals surface area (Å²) in [5.74, 6) is 0.249. The van der Waals surface area contributed by atoms with E-state index in [9.17, 15) is 9.59 Å². The summed E-state index contributed by atoms with van der Waals surface area (Å²) in [5.41, 5.74) is 0.437. The maximum atomic E-state index is 12.7. The molecule has 0 amide bonds. The van der Waals surface area contributed by atoms with Gasteiger partial charge in [0.2, 0.25) is 0 Å². The maximum absolute atomic E-state index is 12.7. The number of ether oxygens (including phenoxy) is 2. The Hall–Kier alpha value is -1.77. The smallest absolute Gasteiger partial charge is 0.348 e. The van der Waals surface area contributed by atoms with Crippen LogP contribution in [0.3, 0.4) is 0 Å². The van der Waals surface area contributed by atoms with Gasteiger partial charge in [0, 0.05) is 0 Å². The summed E-state index contributed by atoms with van der Waals surface area (Å²) in [6.45, 7) is 11.8. The molecule has 1 saturated heterocycles. The number of quaternary nitrogens is 1. The van der Waals surface area contributed by atoms with Crippen molar-refractivity contribution in [2.24, 2.45) is 0 Å². The van der Waals surface area contributed by atoms with Crippen molar-refractivity contribution in [3.63, 3.8) is 0 Å². The van der Waals surface area contributed by atoms with E-state index >= 15 is 0 Å². The van der Waals surface area contributed by atoms with Crippen LogP contribution in [0.25, 0.3) is 10.2 Å². The summed E-state index contributed by atoms with van der Waals surface area (Å²) in [4.78, 5) is 34.7. The molecule has 2 aromatic rings. The van der Waals surface area contributed by atoms with E-state index in [2.05, 4.69) is 30.7 Å². The minimum atomic E-state index is -0.400. The minimum absolute atomic E-state index is 0.0364. The van der Waals surface area contributed by atoms with Crippen molar-refractivity contribution >= 4 is 27.5 Å². The molecule has 1 fully saturated rings. The van der Waals surface area contributed by atoms with E-state index in [0.717, 1.165) is 13.1 Å². The molecule has 2 N–H and O–H groups in total. The molecule has 3 rings (SSSR count). The van der Waals surface area contributed by atoms with Crippen LogP contribution in [-0.4, -0.2) is 47.8 Å². The summed E-state index contributed by atoms with van der Waals surface area (Å²) < 4.78 is 10.9. The van der Waals surface area contributed by atoms with Crippen LogP contribution in [0.15, 0.2) is 4.79 Å². The van der Waals surface area contributed by atoms with E-state index in [1.54, 1.807) is 13.8 Å². The van der Waals surface area contributed by atoms with Gasteiger partial charge in [0.05, 0.1) is 12.0 Å². The number of hydrogen-bond acceptors (Lipinski definition) is 6. The van der Waals surface area contributed by atoms with Crippen LogP contribution < -0.4 is 10.5 Å². The molecule has 8 heteroatoms. The molecule has 3 atom stereocenters. The first kappa shape index (κ1) is 19.0. The van der Waals surface area contributed by atoms with E-state index in [1.807, 2.05) is 0 Å². The summed E-state index contributed by atoms with van der Waals surface area (Å²) in [5, 5.41) is 0.479. The monoisotopic (exact) mass is 380 g/mol. The maximum Gasteiger partial charge on any atom is 0.348 e. The second-order valence-corrected chi connectivity index (χ2v) is 7.95. The van der Waals surface area contributed by atoms with Crippen LogP contribution in [0.4, 0.5) is 0 Å². The van der Waals surface area contributed by atoms with Gasteiger partial charge in [-0.05, 0) is 40.2 Å². The third-order valence-electron chi connectivity index (χ3n) is 4.87. The zero-order valence-electron chi connectivity index (χ0n) is 15.8. The SMILES string of the molecule is CCOC(=O)c1sc2nc([C@@H](C)[NH+]3C[C@@H](C)O[C@H](C)C3)[nH]c(=O)c2c1C. The van der Waals surface area contributed by atoms with Crippen LogP contribution >= 0.6 is 11.3 Å². The Morgan fingerprint density at radius 1 is 1.42 bits per heavy atom. The van der Waals surface area contributed by atoms with Crippen molar-refractivity contribution in [1.29, 1.82) is 0 Å². The third-order valence-corrected chi connectivity index (χ3v) is 6.03. The van der Waals surface area contributed by atoms with Gasteiger partial charge in [-0.2, -0.15) is 0 Å². The molecule has 2 aromatic heterocycles. The molecule has 1 aliphatic rings. The predicted molar refractivity (Wildman–Crippen MR) is 100 cm³/mol. The Kier molecular flexibility index (Phi) is 5.45. The number of H-pyrrole nitrogens is 1. The molecule has 0 spiro atoms. The van der Waals surface area contributed by atoms with Crippen molar-refractivity contribution < 1.29 is 19.2 Å². The lowest BCUT2D eigenvalue weighted by molar-refractivity contribution is -0.944. The van der Waals surface area contributed by atoms with E-state index in [1.165, 1.54) is 16.2 Å². The van der Waals surface area contributed by atoms with Crippen molar-refractivity contribution in [3.8, 4) is 0 Å². The van der Waals surface area contributed by atoms with E-state index in [0.29, 0.717) is 33.1 Å². The fraction of sp³-hybridized carbons (Fsp3) is 0.611. The molecule has 0 aromatic carbocycles. The van der Waals surface area contributed by atoms with Gasteiger partial charge < -0.3 is 19.4 Å². The number of rotatable bonds is 4. The second kappa shape index (κ2) is 7.46. The van der Waals surface area contributed by atoms with E-state index < -0.39 is 5.97 Å². The number of nitrogens with one attached hydrogen (secondary N) is 2. The molecule has 7 nitrogen and oxygen atoms in total. The largest absolute Gasteiger partial charge is 0.462 e. The van der Waals surface area contributed by atoms with Crippen LogP contribution in [0.5, 0.6) is 0 Å². The van der Waals surface area contributed by atoms with Gasteiger partial charge in [0.1, 0.15) is 41.0 Å². The van der Waals surface area contributed by atoms with Crippen molar-refractivity contribution in [2.45, 2.75) is 52.9 Å². The Balaban J connectivity index is 1.98. The number of aromatic nitrogens is 2. The molecule has 0 saturated carbocycles. The molecular formula is C18H26N3O4S+. The van der Waals surface area contributed by atoms with Crippen LogP contribution in [-0.2, 0) is 9.47 Å². The van der Waals surface area contributed by atoms with Crippen LogP contribution in [0.1, 0.15) is 54.8 Å². The van der Waals surface area contributed by atoms with Gasteiger partial charge in [-0.25, -0.2) is 9.78 Å². The average Bonchev–Trinajstić information content (AvgIpc) is 2.90. The number of carbonyl (C=O) groups is 1. The highest BCUT2D eigenvalue weighted by molar-refractivity contribution is 7.20. The highest BCUT2D eigenvalue weighted by Crippen LogP contribution is 2.28. The fourth-order valence-corrected chi connectivity index (χ4v) is 4.70. The summed E-state index contributed by atoms with van der Waals surface area (Å²) in [6.07, 6.45) is 0.345. The zero-order valence-corrected chi connectivity index (χ0v) is 16.7. The molecule has 0 unspecified atom stereocenters. The number of aromatic amines is 1. The van der Waals surface area contributed by atoms with Gasteiger partial charge in [0.25, 0.3) is 5.56 Å². The average molecular weight is 380 g/mol. The van der Waals surface area contributed by atoms with E-state index in [4.69, 9.17) is 9.47 Å². The summed E-state index contributed by atoms with van der Waals surface area (Å²) >= 11 is 1.23. The number of nitrogens with zero attached hydrogens (tertiary/aromatic N) is 1. The molecule has 3 heterocycles. The first-order valence-electron chi connectivity index (χ1n) is 9.02. The molecule has 26 heavy (non-hydrogen) atoms. The molecule has 0 aliphatic carbocycles. The van der Waals surface area contributed by atoms with Crippen LogP contribution in [0.2, 0.25) is 0 Å². The Bertz CT molecular complexity index is 865. The second-order valence-electron chi connectivity index (χ2n) is 6.95. The number of morpholine rings is 1. The van der Waals surface area contributed by atoms with Gasteiger partial charge >= 0.3 is 5.97 Å². The quantitative estimate of drug-likeness (QED) is 0.779. The van der Waals surface area contributed by atoms with Crippen LogP contribution in [0, 0.1) is 6.92 Å². The first-order valence-corrected chi connectivity index (χ1v) is 9.83. The zero-order chi connectivity index (χ0) is 19.0. The number of thiophene rings is 1. The van der Waals surface area contributed by atoms with Gasteiger partial charge in [-0.1, -0.05) is 0 Å². The molecule has 0 radical (unpaired) electrons. The summed E-state index contributed by atoms with van der Waals surface area (Å²) in [7, 11) is 0. The first-order chi connectivity index (χ1) is 12.3.